The normalized spacial score (nSPS) is 10.7. The zero-order chi connectivity index (χ0) is 12.5. The molecule has 0 aliphatic heterocycles. The first-order valence-electron chi connectivity index (χ1n) is 5.62. The topological polar surface area (TPSA) is 47.8 Å². The number of carbonyl (C=O) groups is 1. The minimum Gasteiger partial charge on any atom is -0.296 e. The Hall–Kier alpha value is -2.49. The SMILES string of the molecule is Cn1ccc(-c2ccc3ccc(C=O)nc3c2)n1. The molecule has 0 saturated heterocycles. The van der Waals surface area contributed by atoms with Gasteiger partial charge in [0.2, 0.25) is 0 Å². The van der Waals surface area contributed by atoms with E-state index in [1.54, 1.807) is 10.7 Å². The Morgan fingerprint density at radius 3 is 2.72 bits per heavy atom. The van der Waals surface area contributed by atoms with E-state index in [2.05, 4.69) is 10.1 Å². The monoisotopic (exact) mass is 237 g/mol. The van der Waals surface area contributed by atoms with E-state index in [-0.39, 0.29) is 0 Å². The van der Waals surface area contributed by atoms with Crippen molar-refractivity contribution in [1.29, 1.82) is 0 Å². The average Bonchev–Trinajstić information content (AvgIpc) is 2.84. The van der Waals surface area contributed by atoms with E-state index in [1.807, 2.05) is 43.6 Å². The fraction of sp³-hybridized carbons (Fsp3) is 0.0714. The molecule has 0 fully saturated rings. The molecule has 0 unspecified atom stereocenters. The van der Waals surface area contributed by atoms with Crippen molar-refractivity contribution in [2.24, 2.45) is 7.05 Å². The lowest BCUT2D eigenvalue weighted by Gasteiger charge is -2.01. The third-order valence-corrected chi connectivity index (χ3v) is 2.84. The summed E-state index contributed by atoms with van der Waals surface area (Å²) >= 11 is 0. The molecule has 0 atom stereocenters. The first-order chi connectivity index (χ1) is 8.76. The van der Waals surface area contributed by atoms with Gasteiger partial charge in [-0.25, -0.2) is 4.98 Å². The fourth-order valence-corrected chi connectivity index (χ4v) is 1.93. The Bertz CT molecular complexity index is 731. The summed E-state index contributed by atoms with van der Waals surface area (Å²) in [5.41, 5.74) is 3.15. The Morgan fingerprint density at radius 1 is 1.17 bits per heavy atom. The van der Waals surface area contributed by atoms with Crippen LogP contribution in [0.1, 0.15) is 10.5 Å². The van der Waals surface area contributed by atoms with Gasteiger partial charge in [0.05, 0.1) is 11.2 Å². The Labute approximate surface area is 104 Å². The third kappa shape index (κ3) is 1.78. The number of aryl methyl sites for hydroxylation is 1. The molecule has 0 radical (unpaired) electrons. The van der Waals surface area contributed by atoms with E-state index in [0.717, 1.165) is 28.4 Å². The van der Waals surface area contributed by atoms with Gasteiger partial charge in [0.15, 0.2) is 6.29 Å². The van der Waals surface area contributed by atoms with Crippen molar-refractivity contribution in [1.82, 2.24) is 14.8 Å². The molecule has 18 heavy (non-hydrogen) atoms. The zero-order valence-corrected chi connectivity index (χ0v) is 9.87. The standard InChI is InChI=1S/C14H11N3O/c1-17-7-6-13(16-17)11-3-2-10-4-5-12(9-18)15-14(10)8-11/h2-9H,1H3. The van der Waals surface area contributed by atoms with E-state index in [0.29, 0.717) is 5.69 Å². The molecule has 0 N–H and O–H groups in total. The van der Waals surface area contributed by atoms with Gasteiger partial charge in [0.25, 0.3) is 0 Å². The van der Waals surface area contributed by atoms with Crippen molar-refractivity contribution in [3.63, 3.8) is 0 Å². The molecule has 0 aliphatic carbocycles. The van der Waals surface area contributed by atoms with Crippen molar-refractivity contribution < 1.29 is 4.79 Å². The minimum absolute atomic E-state index is 0.445. The van der Waals surface area contributed by atoms with Gasteiger partial charge >= 0.3 is 0 Å². The highest BCUT2D eigenvalue weighted by atomic mass is 16.1. The lowest BCUT2D eigenvalue weighted by atomic mass is 10.1. The minimum atomic E-state index is 0.445. The summed E-state index contributed by atoms with van der Waals surface area (Å²) in [6, 6.07) is 11.5. The summed E-state index contributed by atoms with van der Waals surface area (Å²) in [6.45, 7) is 0. The number of benzene rings is 1. The zero-order valence-electron chi connectivity index (χ0n) is 9.87. The second-order valence-corrected chi connectivity index (χ2v) is 4.14. The summed E-state index contributed by atoms with van der Waals surface area (Å²) in [5, 5.41) is 5.36. The van der Waals surface area contributed by atoms with E-state index in [1.165, 1.54) is 0 Å². The van der Waals surface area contributed by atoms with Crippen LogP contribution in [-0.4, -0.2) is 21.1 Å². The summed E-state index contributed by atoms with van der Waals surface area (Å²) in [5.74, 6) is 0. The molecule has 0 bridgehead atoms. The van der Waals surface area contributed by atoms with E-state index in [9.17, 15) is 4.79 Å². The van der Waals surface area contributed by atoms with Crippen LogP contribution < -0.4 is 0 Å². The molecule has 88 valence electrons. The molecular weight excluding hydrogens is 226 g/mol. The molecule has 0 amide bonds. The van der Waals surface area contributed by atoms with Gasteiger partial charge in [0, 0.05) is 24.2 Å². The predicted molar refractivity (Wildman–Crippen MR) is 69.3 cm³/mol. The number of nitrogens with zero attached hydrogens (tertiary/aromatic N) is 3. The van der Waals surface area contributed by atoms with Crippen molar-refractivity contribution in [2.45, 2.75) is 0 Å². The lowest BCUT2D eigenvalue weighted by molar-refractivity contribution is 0.111. The van der Waals surface area contributed by atoms with E-state index >= 15 is 0 Å². The number of hydrogen-bond donors (Lipinski definition) is 0. The van der Waals surface area contributed by atoms with Gasteiger partial charge < -0.3 is 0 Å². The maximum Gasteiger partial charge on any atom is 0.168 e. The second-order valence-electron chi connectivity index (χ2n) is 4.14. The molecule has 1 aromatic carbocycles. The van der Waals surface area contributed by atoms with Gasteiger partial charge in [-0.1, -0.05) is 18.2 Å². The van der Waals surface area contributed by atoms with Crippen molar-refractivity contribution >= 4 is 17.2 Å². The number of rotatable bonds is 2. The van der Waals surface area contributed by atoms with E-state index < -0.39 is 0 Å². The molecular formula is C14H11N3O. The first-order valence-corrected chi connectivity index (χ1v) is 5.62. The Kier molecular flexibility index (Phi) is 2.41. The largest absolute Gasteiger partial charge is 0.296 e. The van der Waals surface area contributed by atoms with Crippen LogP contribution in [0, 0.1) is 0 Å². The lowest BCUT2D eigenvalue weighted by Crippen LogP contribution is -1.90. The molecule has 0 aliphatic rings. The molecule has 2 aromatic heterocycles. The van der Waals surface area contributed by atoms with Crippen molar-refractivity contribution in [2.75, 3.05) is 0 Å². The molecule has 3 rings (SSSR count). The summed E-state index contributed by atoms with van der Waals surface area (Å²) in [7, 11) is 1.88. The molecule has 2 heterocycles. The Balaban J connectivity index is 2.17. The summed E-state index contributed by atoms with van der Waals surface area (Å²) in [4.78, 5) is 15.0. The van der Waals surface area contributed by atoms with Crippen molar-refractivity contribution in [3.8, 4) is 11.3 Å². The quantitative estimate of drug-likeness (QED) is 0.643. The molecule has 3 aromatic rings. The summed E-state index contributed by atoms with van der Waals surface area (Å²) in [6.07, 6.45) is 2.65. The number of carbonyl (C=O) groups excluding carboxylic acids is 1. The second kappa shape index (κ2) is 4.07. The van der Waals surface area contributed by atoms with Gasteiger partial charge in [-0.15, -0.1) is 0 Å². The highest BCUT2D eigenvalue weighted by Gasteiger charge is 2.04. The molecule has 0 saturated carbocycles. The predicted octanol–water partition coefficient (Wildman–Crippen LogP) is 2.45. The van der Waals surface area contributed by atoms with Gasteiger partial charge in [0.1, 0.15) is 5.69 Å². The smallest absolute Gasteiger partial charge is 0.168 e. The fourth-order valence-electron chi connectivity index (χ4n) is 1.93. The maximum absolute atomic E-state index is 10.7. The highest BCUT2D eigenvalue weighted by molar-refractivity contribution is 5.86. The van der Waals surface area contributed by atoms with Crippen LogP contribution in [0.25, 0.3) is 22.2 Å². The van der Waals surface area contributed by atoms with Gasteiger partial charge in [-0.3, -0.25) is 9.48 Å². The van der Waals surface area contributed by atoms with Gasteiger partial charge in [-0.05, 0) is 18.2 Å². The van der Waals surface area contributed by atoms with Crippen LogP contribution in [0.2, 0.25) is 0 Å². The average molecular weight is 237 g/mol. The van der Waals surface area contributed by atoms with Crippen LogP contribution in [0.15, 0.2) is 42.6 Å². The van der Waals surface area contributed by atoms with Crippen LogP contribution >= 0.6 is 0 Å². The number of pyridine rings is 1. The molecule has 0 spiro atoms. The number of fused-ring (bicyclic) bond motifs is 1. The van der Waals surface area contributed by atoms with Crippen LogP contribution in [0.3, 0.4) is 0 Å². The number of aromatic nitrogens is 3. The molecule has 4 heteroatoms. The molecule has 4 nitrogen and oxygen atoms in total. The first kappa shape index (κ1) is 10.7. The van der Waals surface area contributed by atoms with Crippen molar-refractivity contribution in [3.05, 3.63) is 48.3 Å². The van der Waals surface area contributed by atoms with Crippen LogP contribution in [0.4, 0.5) is 0 Å². The maximum atomic E-state index is 10.7. The third-order valence-electron chi connectivity index (χ3n) is 2.84. The van der Waals surface area contributed by atoms with Gasteiger partial charge in [-0.2, -0.15) is 5.10 Å². The number of aldehydes is 1. The highest BCUT2D eigenvalue weighted by Crippen LogP contribution is 2.22. The van der Waals surface area contributed by atoms with Crippen LogP contribution in [0.5, 0.6) is 0 Å². The summed E-state index contributed by atoms with van der Waals surface area (Å²) < 4.78 is 1.76. The number of hydrogen-bond acceptors (Lipinski definition) is 3. The van der Waals surface area contributed by atoms with E-state index in [4.69, 9.17) is 0 Å². The van der Waals surface area contributed by atoms with Crippen LogP contribution in [-0.2, 0) is 7.05 Å². The Morgan fingerprint density at radius 2 is 2.00 bits per heavy atom.